The molecule has 0 aliphatic carbocycles. The second kappa shape index (κ2) is 16.6. The molecule has 3 rings (SSSR count). The molecule has 7 nitrogen and oxygen atoms in total. The van der Waals surface area contributed by atoms with Crippen LogP contribution in [0.15, 0.2) is 46.9 Å². The number of carbonyl (C=O) groups is 1. The third-order valence-corrected chi connectivity index (χ3v) is 7.81. The van der Waals surface area contributed by atoms with Crippen LogP contribution in [-0.4, -0.2) is 51.6 Å². The van der Waals surface area contributed by atoms with E-state index in [4.69, 9.17) is 9.15 Å². The largest absolute Gasteiger partial charge is 0.494 e. The Hall–Kier alpha value is -2.84. The van der Waals surface area contributed by atoms with Gasteiger partial charge < -0.3 is 14.1 Å². The van der Waals surface area contributed by atoms with E-state index in [0.29, 0.717) is 46.6 Å². The van der Waals surface area contributed by atoms with Gasteiger partial charge in [0.1, 0.15) is 17.1 Å². The highest BCUT2D eigenvalue weighted by atomic mass is 32.2. The lowest BCUT2D eigenvalue weighted by Crippen LogP contribution is -2.27. The minimum absolute atomic E-state index is 0.145. The highest BCUT2D eigenvalue weighted by Crippen LogP contribution is 2.32. The van der Waals surface area contributed by atoms with Crippen molar-refractivity contribution in [2.45, 2.75) is 85.0 Å². The number of anilines is 1. The number of furan rings is 1. The number of unbranched alkanes of at least 4 members (excludes halogenated alkanes) is 5. The van der Waals surface area contributed by atoms with Gasteiger partial charge in [0, 0.05) is 23.1 Å². The summed E-state index contributed by atoms with van der Waals surface area (Å²) in [5.41, 5.74) is 2.00. The lowest BCUT2D eigenvalue weighted by molar-refractivity contribution is 0.103. The maximum Gasteiger partial charge on any atom is 0.229 e. The van der Waals surface area contributed by atoms with Crippen molar-refractivity contribution in [1.29, 1.82) is 0 Å². The summed E-state index contributed by atoms with van der Waals surface area (Å²) in [4.78, 5) is 16.3. The van der Waals surface area contributed by atoms with Crippen LogP contribution in [0.5, 0.6) is 5.75 Å². The molecule has 0 fully saturated rings. The molecule has 226 valence electrons. The summed E-state index contributed by atoms with van der Waals surface area (Å²) >= 11 is 0. The molecular formula is C33H48N2O5S. The van der Waals surface area contributed by atoms with Crippen LogP contribution >= 0.6 is 0 Å². The number of benzene rings is 2. The van der Waals surface area contributed by atoms with E-state index in [1.165, 1.54) is 45.2 Å². The minimum Gasteiger partial charge on any atom is -0.494 e. The molecule has 1 heterocycles. The van der Waals surface area contributed by atoms with Gasteiger partial charge in [0.25, 0.3) is 0 Å². The minimum atomic E-state index is -3.45. The smallest absolute Gasteiger partial charge is 0.229 e. The Kier molecular flexibility index (Phi) is 13.2. The van der Waals surface area contributed by atoms with Crippen molar-refractivity contribution in [2.24, 2.45) is 0 Å². The van der Waals surface area contributed by atoms with E-state index < -0.39 is 10.0 Å². The molecule has 8 heteroatoms. The fraction of sp³-hybridized carbons (Fsp3) is 0.545. The van der Waals surface area contributed by atoms with Crippen molar-refractivity contribution in [3.05, 3.63) is 59.4 Å². The molecule has 0 bridgehead atoms. The van der Waals surface area contributed by atoms with Gasteiger partial charge in [-0.2, -0.15) is 0 Å². The van der Waals surface area contributed by atoms with Gasteiger partial charge in [0.05, 0.1) is 18.4 Å². The second-order valence-electron chi connectivity index (χ2n) is 10.9. The number of aryl methyl sites for hydroxylation is 1. The van der Waals surface area contributed by atoms with Crippen LogP contribution in [0, 0.1) is 0 Å². The first-order valence-corrected chi connectivity index (χ1v) is 17.2. The predicted molar refractivity (Wildman–Crippen MR) is 169 cm³/mol. The Morgan fingerprint density at radius 1 is 0.854 bits per heavy atom. The summed E-state index contributed by atoms with van der Waals surface area (Å²) in [6.07, 6.45) is 11.9. The average Bonchev–Trinajstić information content (AvgIpc) is 3.31. The normalized spacial score (nSPS) is 11.8. The summed E-state index contributed by atoms with van der Waals surface area (Å²) in [5.74, 6) is 1.23. The zero-order valence-electron chi connectivity index (χ0n) is 25.3. The van der Waals surface area contributed by atoms with Gasteiger partial charge in [-0.05, 0) is 101 Å². The van der Waals surface area contributed by atoms with Crippen molar-refractivity contribution >= 4 is 32.5 Å². The molecule has 0 saturated carbocycles. The summed E-state index contributed by atoms with van der Waals surface area (Å²) in [5, 5.41) is 0.609. The van der Waals surface area contributed by atoms with Crippen LogP contribution in [0.25, 0.3) is 11.0 Å². The van der Waals surface area contributed by atoms with E-state index in [1.807, 2.05) is 12.1 Å². The van der Waals surface area contributed by atoms with Crippen molar-refractivity contribution in [3.8, 4) is 5.75 Å². The van der Waals surface area contributed by atoms with E-state index in [9.17, 15) is 13.2 Å². The van der Waals surface area contributed by atoms with Crippen molar-refractivity contribution in [1.82, 2.24) is 4.90 Å². The summed E-state index contributed by atoms with van der Waals surface area (Å²) in [6, 6.07) is 12.3. The molecule has 0 unspecified atom stereocenters. The van der Waals surface area contributed by atoms with Gasteiger partial charge >= 0.3 is 0 Å². The van der Waals surface area contributed by atoms with Crippen molar-refractivity contribution < 1.29 is 22.4 Å². The monoisotopic (exact) mass is 584 g/mol. The number of fused-ring (bicyclic) bond motifs is 1. The number of ether oxygens (including phenoxy) is 1. The number of nitrogens with zero attached hydrogens (tertiary/aromatic N) is 1. The Morgan fingerprint density at radius 2 is 1.51 bits per heavy atom. The van der Waals surface area contributed by atoms with E-state index in [0.717, 1.165) is 44.2 Å². The van der Waals surface area contributed by atoms with Gasteiger partial charge in [0.2, 0.25) is 10.0 Å². The first-order chi connectivity index (χ1) is 19.8. The number of hydrogen-bond donors (Lipinski definition) is 1. The maximum absolute atomic E-state index is 13.7. The van der Waals surface area contributed by atoms with E-state index in [1.54, 1.807) is 30.3 Å². The fourth-order valence-electron chi connectivity index (χ4n) is 4.94. The third-order valence-electron chi connectivity index (χ3n) is 7.21. The number of sulfonamides is 1. The average molecular weight is 585 g/mol. The zero-order chi connectivity index (χ0) is 29.7. The Bertz CT molecular complexity index is 1320. The first-order valence-electron chi connectivity index (χ1n) is 15.3. The van der Waals surface area contributed by atoms with Gasteiger partial charge in [-0.15, -0.1) is 0 Å². The number of nitrogens with one attached hydrogen (secondary N) is 1. The van der Waals surface area contributed by atoms with Crippen LogP contribution in [-0.2, 0) is 16.4 Å². The van der Waals surface area contributed by atoms with Gasteiger partial charge in [-0.3, -0.25) is 9.52 Å². The van der Waals surface area contributed by atoms with Gasteiger partial charge in [0.15, 0.2) is 5.78 Å². The SMILES string of the molecule is CCCCc1oc2ccc(NS(C)(=O)=O)cc2c1C(=O)c1ccc(OCCCCCN(CCCC)CCCC)cc1. The maximum atomic E-state index is 13.7. The molecule has 0 amide bonds. The lowest BCUT2D eigenvalue weighted by atomic mass is 9.98. The fourth-order valence-corrected chi connectivity index (χ4v) is 5.49. The van der Waals surface area contributed by atoms with Gasteiger partial charge in [-0.25, -0.2) is 8.42 Å². The van der Waals surface area contributed by atoms with Crippen LogP contribution in [0.3, 0.4) is 0 Å². The molecule has 0 spiro atoms. The quantitative estimate of drug-likeness (QED) is 0.108. The number of carbonyl (C=O) groups excluding carboxylic acids is 1. The van der Waals surface area contributed by atoms with E-state index in [-0.39, 0.29) is 5.78 Å². The topological polar surface area (TPSA) is 88.8 Å². The Labute approximate surface area is 246 Å². The molecule has 0 saturated heterocycles. The number of ketones is 1. The molecule has 0 aliphatic heterocycles. The molecule has 3 aromatic rings. The van der Waals surface area contributed by atoms with Crippen molar-refractivity contribution in [2.75, 3.05) is 37.2 Å². The van der Waals surface area contributed by atoms with Crippen LogP contribution in [0.1, 0.15) is 100 Å². The zero-order valence-corrected chi connectivity index (χ0v) is 26.2. The Morgan fingerprint density at radius 3 is 2.15 bits per heavy atom. The molecule has 1 N–H and O–H groups in total. The summed E-state index contributed by atoms with van der Waals surface area (Å²) < 4.78 is 38.1. The summed E-state index contributed by atoms with van der Waals surface area (Å²) in [6.45, 7) is 10.8. The van der Waals surface area contributed by atoms with Crippen LogP contribution in [0.4, 0.5) is 5.69 Å². The molecule has 41 heavy (non-hydrogen) atoms. The van der Waals surface area contributed by atoms with E-state index in [2.05, 4.69) is 30.4 Å². The van der Waals surface area contributed by atoms with Crippen LogP contribution in [0.2, 0.25) is 0 Å². The molecule has 0 radical (unpaired) electrons. The molecular weight excluding hydrogens is 536 g/mol. The second-order valence-corrected chi connectivity index (χ2v) is 12.6. The first kappa shape index (κ1) is 32.7. The lowest BCUT2D eigenvalue weighted by Gasteiger charge is -2.21. The molecule has 0 aliphatic rings. The number of hydrogen-bond acceptors (Lipinski definition) is 6. The van der Waals surface area contributed by atoms with Crippen molar-refractivity contribution in [3.63, 3.8) is 0 Å². The third kappa shape index (κ3) is 10.5. The van der Waals surface area contributed by atoms with E-state index >= 15 is 0 Å². The highest BCUT2D eigenvalue weighted by molar-refractivity contribution is 7.92. The standard InChI is InChI=1S/C33H48N2O5S/c1-5-8-14-31-32(29-25-27(34-41(4,37)38)17-20-30(29)40-31)33(36)26-15-18-28(19-16-26)39-24-13-11-12-23-35(21-9-6-2)22-10-7-3/h15-20,25,34H,5-14,21-24H2,1-4H3. The number of rotatable bonds is 20. The molecule has 2 aromatic carbocycles. The molecule has 0 atom stereocenters. The molecule has 1 aromatic heterocycles. The van der Waals surface area contributed by atoms with Gasteiger partial charge in [-0.1, -0.05) is 40.0 Å². The summed E-state index contributed by atoms with van der Waals surface area (Å²) in [7, 11) is -3.45. The highest BCUT2D eigenvalue weighted by Gasteiger charge is 2.22. The van der Waals surface area contributed by atoms with Crippen LogP contribution < -0.4 is 9.46 Å². The Balaban J connectivity index is 1.61. The predicted octanol–water partition coefficient (Wildman–Crippen LogP) is 7.83.